The zero-order valence-electron chi connectivity index (χ0n) is 18.6. The van der Waals surface area contributed by atoms with Gasteiger partial charge in [-0.05, 0) is 79.9 Å². The number of benzene rings is 3. The Morgan fingerprint density at radius 2 is 1.59 bits per heavy atom. The van der Waals surface area contributed by atoms with E-state index in [1.165, 1.54) is 0 Å². The molecule has 4 rings (SSSR count). The summed E-state index contributed by atoms with van der Waals surface area (Å²) in [6, 6.07) is 16.6. The first-order valence-electron chi connectivity index (χ1n) is 10.4. The zero-order chi connectivity index (χ0) is 24.6. The predicted molar refractivity (Wildman–Crippen MR) is 133 cm³/mol. The van der Waals surface area contributed by atoms with Crippen molar-refractivity contribution in [3.63, 3.8) is 0 Å². The number of para-hydroxylation sites is 1. The second kappa shape index (κ2) is 9.33. The molecule has 6 nitrogen and oxygen atoms in total. The molecule has 0 atom stereocenters. The number of imide groups is 1. The van der Waals surface area contributed by atoms with Gasteiger partial charge in [-0.2, -0.15) is 0 Å². The summed E-state index contributed by atoms with van der Waals surface area (Å²) in [7, 11) is 0. The normalized spacial score (nSPS) is 13.5. The Labute approximate surface area is 206 Å². The summed E-state index contributed by atoms with van der Waals surface area (Å²) in [5, 5.41) is 2.87. The van der Waals surface area contributed by atoms with Crippen LogP contribution in [0.3, 0.4) is 0 Å². The number of carbonyl (C=O) groups excluding carboxylic acids is 3. The van der Waals surface area contributed by atoms with Gasteiger partial charge >= 0.3 is 5.97 Å². The third-order valence-corrected chi connectivity index (χ3v) is 6.15. The van der Waals surface area contributed by atoms with Crippen LogP contribution >= 0.6 is 23.2 Å². The largest absolute Gasteiger partial charge is 0.423 e. The quantitative estimate of drug-likeness (QED) is 0.270. The number of ether oxygens (including phenoxy) is 1. The van der Waals surface area contributed by atoms with Gasteiger partial charge in [-0.1, -0.05) is 41.4 Å². The minimum absolute atomic E-state index is 0.0761. The number of nitrogens with one attached hydrogen (secondary N) is 1. The molecule has 2 amide bonds. The summed E-state index contributed by atoms with van der Waals surface area (Å²) in [5.41, 5.74) is 3.89. The zero-order valence-corrected chi connectivity index (χ0v) is 20.1. The van der Waals surface area contributed by atoms with Gasteiger partial charge < -0.3 is 10.1 Å². The molecular weight excluding hydrogens is 475 g/mol. The minimum atomic E-state index is -0.675. The Hall–Kier alpha value is -3.61. The van der Waals surface area contributed by atoms with Gasteiger partial charge in [-0.25, -0.2) is 9.69 Å². The van der Waals surface area contributed by atoms with E-state index in [1.807, 2.05) is 32.9 Å². The number of anilines is 2. The SMILES string of the molecule is Cc1cc(C)c(C)c(OC(=O)c2ccc(NC3=C(Cl)C(=O)N(c4ccccc4Cl)C3=O)cc2)c1. The van der Waals surface area contributed by atoms with Crippen LogP contribution in [-0.2, 0) is 9.59 Å². The highest BCUT2D eigenvalue weighted by Crippen LogP contribution is 2.34. The number of hydrogen-bond donors (Lipinski definition) is 1. The Morgan fingerprint density at radius 1 is 0.912 bits per heavy atom. The second-order valence-corrected chi connectivity index (χ2v) is 8.67. The molecule has 0 aliphatic carbocycles. The lowest BCUT2D eigenvalue weighted by atomic mass is 10.1. The van der Waals surface area contributed by atoms with E-state index in [4.69, 9.17) is 27.9 Å². The first-order valence-corrected chi connectivity index (χ1v) is 11.1. The topological polar surface area (TPSA) is 75.7 Å². The van der Waals surface area contributed by atoms with E-state index in [0.29, 0.717) is 17.0 Å². The molecule has 1 aliphatic heterocycles. The molecule has 1 heterocycles. The van der Waals surface area contributed by atoms with Crippen molar-refractivity contribution < 1.29 is 19.1 Å². The van der Waals surface area contributed by atoms with Gasteiger partial charge in [0.15, 0.2) is 0 Å². The molecule has 3 aromatic carbocycles. The highest BCUT2D eigenvalue weighted by molar-refractivity contribution is 6.53. The summed E-state index contributed by atoms with van der Waals surface area (Å²) in [4.78, 5) is 39.1. The number of halogens is 2. The standard InChI is InChI=1S/C26H20Cl2N2O4/c1-14-12-15(2)16(3)21(13-14)34-26(33)17-8-10-18(11-9-17)29-23-22(28)24(31)30(25(23)32)20-7-5-4-6-19(20)27/h4-13,29H,1-3H3. The minimum Gasteiger partial charge on any atom is -0.423 e. The van der Waals surface area contributed by atoms with Crippen molar-refractivity contribution in [2.75, 3.05) is 10.2 Å². The third-order valence-electron chi connectivity index (χ3n) is 5.48. The molecule has 3 aromatic rings. The maximum absolute atomic E-state index is 12.9. The van der Waals surface area contributed by atoms with Crippen molar-refractivity contribution >= 4 is 52.4 Å². The Bertz CT molecular complexity index is 1360. The van der Waals surface area contributed by atoms with Crippen LogP contribution in [0.1, 0.15) is 27.0 Å². The van der Waals surface area contributed by atoms with Crippen molar-refractivity contribution in [1.82, 2.24) is 0 Å². The summed E-state index contributed by atoms with van der Waals surface area (Å²) in [6.45, 7) is 5.79. The first kappa shape index (κ1) is 23.5. The molecule has 0 saturated heterocycles. The molecule has 0 saturated carbocycles. The van der Waals surface area contributed by atoms with Crippen LogP contribution in [-0.4, -0.2) is 17.8 Å². The van der Waals surface area contributed by atoms with Crippen molar-refractivity contribution in [1.29, 1.82) is 0 Å². The van der Waals surface area contributed by atoms with E-state index >= 15 is 0 Å². The molecule has 0 aromatic heterocycles. The second-order valence-electron chi connectivity index (χ2n) is 7.88. The lowest BCUT2D eigenvalue weighted by Crippen LogP contribution is -2.32. The van der Waals surface area contributed by atoms with Crippen LogP contribution in [0.4, 0.5) is 11.4 Å². The highest BCUT2D eigenvalue weighted by Gasteiger charge is 2.39. The van der Waals surface area contributed by atoms with Gasteiger partial charge in [-0.15, -0.1) is 0 Å². The molecule has 0 bridgehead atoms. The fourth-order valence-electron chi connectivity index (χ4n) is 3.56. The molecule has 0 fully saturated rings. The van der Waals surface area contributed by atoms with E-state index in [0.717, 1.165) is 21.6 Å². The van der Waals surface area contributed by atoms with Crippen molar-refractivity contribution in [2.24, 2.45) is 0 Å². The van der Waals surface area contributed by atoms with Crippen molar-refractivity contribution in [3.8, 4) is 5.75 Å². The molecule has 1 aliphatic rings. The van der Waals surface area contributed by atoms with Crippen LogP contribution in [0.5, 0.6) is 5.75 Å². The predicted octanol–water partition coefficient (Wildman–Crippen LogP) is 5.92. The van der Waals surface area contributed by atoms with Gasteiger partial charge in [-0.3, -0.25) is 9.59 Å². The van der Waals surface area contributed by atoms with E-state index in [2.05, 4.69) is 5.32 Å². The van der Waals surface area contributed by atoms with Gasteiger partial charge in [0.25, 0.3) is 11.8 Å². The lowest BCUT2D eigenvalue weighted by Gasteiger charge is -2.16. The summed E-state index contributed by atoms with van der Waals surface area (Å²) < 4.78 is 5.58. The third kappa shape index (κ3) is 4.42. The molecular formula is C26H20Cl2N2O4. The van der Waals surface area contributed by atoms with E-state index in [1.54, 1.807) is 48.5 Å². The number of nitrogens with zero attached hydrogens (tertiary/aromatic N) is 1. The van der Waals surface area contributed by atoms with Crippen LogP contribution in [0.25, 0.3) is 0 Å². The molecule has 0 unspecified atom stereocenters. The summed E-state index contributed by atoms with van der Waals surface area (Å²) in [5.74, 6) is -1.30. The van der Waals surface area contributed by atoms with Gasteiger partial charge in [0.05, 0.1) is 16.3 Å². The average Bonchev–Trinajstić information content (AvgIpc) is 3.01. The summed E-state index contributed by atoms with van der Waals surface area (Å²) >= 11 is 12.3. The molecule has 8 heteroatoms. The number of hydrogen-bond acceptors (Lipinski definition) is 5. The number of aryl methyl sites for hydroxylation is 2. The Morgan fingerprint density at radius 3 is 2.26 bits per heavy atom. The van der Waals surface area contributed by atoms with E-state index in [9.17, 15) is 14.4 Å². The molecule has 1 N–H and O–H groups in total. The molecule has 34 heavy (non-hydrogen) atoms. The van der Waals surface area contributed by atoms with E-state index in [-0.39, 0.29) is 21.4 Å². The number of rotatable bonds is 5. The number of carbonyl (C=O) groups is 3. The fourth-order valence-corrected chi connectivity index (χ4v) is 4.00. The van der Waals surface area contributed by atoms with Crippen LogP contribution in [0, 0.1) is 20.8 Å². The first-order chi connectivity index (χ1) is 16.2. The molecule has 172 valence electrons. The van der Waals surface area contributed by atoms with Crippen LogP contribution < -0.4 is 15.0 Å². The molecule has 0 spiro atoms. The summed E-state index contributed by atoms with van der Waals surface area (Å²) in [6.07, 6.45) is 0. The maximum atomic E-state index is 12.9. The monoisotopic (exact) mass is 494 g/mol. The maximum Gasteiger partial charge on any atom is 0.343 e. The van der Waals surface area contributed by atoms with E-state index < -0.39 is 17.8 Å². The van der Waals surface area contributed by atoms with Crippen LogP contribution in [0.15, 0.2) is 71.4 Å². The lowest BCUT2D eigenvalue weighted by molar-refractivity contribution is -0.120. The highest BCUT2D eigenvalue weighted by atomic mass is 35.5. The van der Waals surface area contributed by atoms with Gasteiger partial charge in [0.2, 0.25) is 0 Å². The van der Waals surface area contributed by atoms with Crippen LogP contribution in [0.2, 0.25) is 5.02 Å². The van der Waals surface area contributed by atoms with Gasteiger partial charge in [0, 0.05) is 5.69 Å². The fraction of sp³-hybridized carbons (Fsp3) is 0.115. The number of esters is 1. The molecule has 0 radical (unpaired) electrons. The number of amides is 2. The van der Waals surface area contributed by atoms with Crippen molar-refractivity contribution in [3.05, 3.63) is 98.7 Å². The smallest absolute Gasteiger partial charge is 0.343 e. The average molecular weight is 495 g/mol. The van der Waals surface area contributed by atoms with Crippen molar-refractivity contribution in [2.45, 2.75) is 20.8 Å². The Balaban J connectivity index is 1.51. The Kier molecular flexibility index (Phi) is 6.46. The van der Waals surface area contributed by atoms with Gasteiger partial charge in [0.1, 0.15) is 16.5 Å².